The van der Waals surface area contributed by atoms with Crippen LogP contribution >= 0.6 is 0 Å². The molecule has 0 spiro atoms. The Balaban J connectivity index is 1.68. The molecule has 110 valence electrons. The first-order chi connectivity index (χ1) is 9.56. The van der Waals surface area contributed by atoms with Gasteiger partial charge in [-0.2, -0.15) is 0 Å². The van der Waals surface area contributed by atoms with Gasteiger partial charge in [-0.25, -0.2) is 4.39 Å². The highest BCUT2D eigenvalue weighted by Gasteiger charge is 2.28. The smallest absolute Gasteiger partial charge is 0.225 e. The van der Waals surface area contributed by atoms with Crippen LogP contribution in [0.25, 0.3) is 0 Å². The highest BCUT2D eigenvalue weighted by atomic mass is 19.1. The lowest BCUT2D eigenvalue weighted by molar-refractivity contribution is -0.132. The molecule has 0 heterocycles. The van der Waals surface area contributed by atoms with Crippen LogP contribution in [0, 0.1) is 11.7 Å². The van der Waals surface area contributed by atoms with Gasteiger partial charge in [0.1, 0.15) is 0 Å². The number of aliphatic hydroxyl groups is 1. The fraction of sp³-hybridized carbons (Fsp3) is 0.533. The van der Waals surface area contributed by atoms with Crippen molar-refractivity contribution in [1.29, 1.82) is 0 Å². The summed E-state index contributed by atoms with van der Waals surface area (Å²) in [5, 5.41) is 9.20. The number of para-hydroxylation sites is 1. The molecule has 0 aliphatic heterocycles. The molecule has 0 unspecified atom stereocenters. The topological polar surface area (TPSA) is 49.8 Å². The van der Waals surface area contributed by atoms with Gasteiger partial charge in [-0.05, 0) is 30.9 Å². The van der Waals surface area contributed by atoms with E-state index in [0.29, 0.717) is 12.5 Å². The Hall–Kier alpha value is -1.62. The molecule has 0 saturated heterocycles. The van der Waals surface area contributed by atoms with Gasteiger partial charge >= 0.3 is 0 Å². The van der Waals surface area contributed by atoms with E-state index >= 15 is 0 Å². The maximum atomic E-state index is 13.3. The fourth-order valence-electron chi connectivity index (χ4n) is 2.34. The molecule has 1 saturated carbocycles. The third-order valence-corrected chi connectivity index (χ3v) is 3.58. The Morgan fingerprint density at radius 3 is 2.80 bits per heavy atom. The third kappa shape index (κ3) is 3.93. The summed E-state index contributed by atoms with van der Waals surface area (Å²) in [6, 6.07) is 6.15. The van der Waals surface area contributed by atoms with Crippen LogP contribution in [0.15, 0.2) is 24.3 Å². The van der Waals surface area contributed by atoms with Gasteiger partial charge in [-0.15, -0.1) is 0 Å². The van der Waals surface area contributed by atoms with Crippen LogP contribution in [-0.4, -0.2) is 42.2 Å². The second-order valence-electron chi connectivity index (χ2n) is 5.29. The van der Waals surface area contributed by atoms with Gasteiger partial charge in [0.2, 0.25) is 5.91 Å². The van der Waals surface area contributed by atoms with Crippen LogP contribution in [0.5, 0.6) is 5.75 Å². The maximum absolute atomic E-state index is 13.3. The van der Waals surface area contributed by atoms with Crippen molar-refractivity contribution in [2.75, 3.05) is 20.2 Å². The van der Waals surface area contributed by atoms with E-state index in [4.69, 9.17) is 4.74 Å². The number of carbonyl (C=O) groups excluding carboxylic acids is 1. The van der Waals surface area contributed by atoms with Crippen molar-refractivity contribution in [2.24, 2.45) is 5.92 Å². The number of nitrogens with zero attached hydrogens (tertiary/aromatic N) is 1. The molecule has 1 aliphatic carbocycles. The van der Waals surface area contributed by atoms with Gasteiger partial charge in [0.25, 0.3) is 0 Å². The number of halogens is 1. The zero-order valence-electron chi connectivity index (χ0n) is 11.6. The molecule has 1 aliphatic rings. The van der Waals surface area contributed by atoms with Crippen LogP contribution in [0.4, 0.5) is 4.39 Å². The first-order valence-corrected chi connectivity index (χ1v) is 6.85. The van der Waals surface area contributed by atoms with E-state index in [-0.39, 0.29) is 30.8 Å². The summed E-state index contributed by atoms with van der Waals surface area (Å²) in [5.74, 6) is 0.121. The zero-order valence-corrected chi connectivity index (χ0v) is 11.6. The number of aliphatic hydroxyl groups excluding tert-OH is 1. The number of benzene rings is 1. The number of hydrogen-bond donors (Lipinski definition) is 1. The first-order valence-electron chi connectivity index (χ1n) is 6.85. The molecule has 0 aromatic heterocycles. The Bertz CT molecular complexity index is 460. The van der Waals surface area contributed by atoms with Crippen molar-refractivity contribution in [1.82, 2.24) is 4.90 Å². The highest BCUT2D eigenvalue weighted by Crippen LogP contribution is 2.27. The summed E-state index contributed by atoms with van der Waals surface area (Å²) in [4.78, 5) is 13.5. The predicted molar refractivity (Wildman–Crippen MR) is 72.9 cm³/mol. The van der Waals surface area contributed by atoms with Gasteiger partial charge in [0, 0.05) is 13.6 Å². The summed E-state index contributed by atoms with van der Waals surface area (Å²) >= 11 is 0. The summed E-state index contributed by atoms with van der Waals surface area (Å²) in [5.41, 5.74) is 0. The average molecular weight is 281 g/mol. The number of ether oxygens (including phenoxy) is 1. The van der Waals surface area contributed by atoms with E-state index in [2.05, 4.69) is 0 Å². The molecule has 0 radical (unpaired) electrons. The third-order valence-electron chi connectivity index (χ3n) is 3.58. The van der Waals surface area contributed by atoms with Crippen molar-refractivity contribution in [3.8, 4) is 5.75 Å². The molecule has 0 atom stereocenters. The van der Waals surface area contributed by atoms with Crippen molar-refractivity contribution in [3.05, 3.63) is 30.1 Å². The van der Waals surface area contributed by atoms with Crippen LogP contribution in [0.3, 0.4) is 0 Å². The zero-order chi connectivity index (χ0) is 14.5. The lowest BCUT2D eigenvalue weighted by Gasteiger charge is -2.34. The van der Waals surface area contributed by atoms with Crippen LogP contribution in [0.2, 0.25) is 0 Å². The Morgan fingerprint density at radius 2 is 2.15 bits per heavy atom. The molecule has 1 aromatic rings. The fourth-order valence-corrected chi connectivity index (χ4v) is 2.34. The van der Waals surface area contributed by atoms with E-state index in [1.165, 1.54) is 6.07 Å². The van der Waals surface area contributed by atoms with Crippen LogP contribution < -0.4 is 4.74 Å². The summed E-state index contributed by atoms with van der Waals surface area (Å²) in [6.07, 6.45) is 1.56. The largest absolute Gasteiger partial charge is 0.490 e. The van der Waals surface area contributed by atoms with Gasteiger partial charge in [-0.3, -0.25) is 4.79 Å². The summed E-state index contributed by atoms with van der Waals surface area (Å²) in [7, 11) is 1.75. The SMILES string of the molecule is CN(CC1CC(O)C1)C(=O)CCOc1ccccc1F. The Labute approximate surface area is 118 Å². The molecule has 1 fully saturated rings. The average Bonchev–Trinajstić information content (AvgIpc) is 2.39. The molecule has 20 heavy (non-hydrogen) atoms. The van der Waals surface area contributed by atoms with E-state index in [1.54, 1.807) is 30.1 Å². The molecule has 4 nitrogen and oxygen atoms in total. The van der Waals surface area contributed by atoms with Crippen molar-refractivity contribution >= 4 is 5.91 Å². The van der Waals surface area contributed by atoms with E-state index in [1.807, 2.05) is 0 Å². The molecule has 2 rings (SSSR count). The Morgan fingerprint density at radius 1 is 1.45 bits per heavy atom. The lowest BCUT2D eigenvalue weighted by atomic mass is 9.82. The second kappa shape index (κ2) is 6.70. The maximum Gasteiger partial charge on any atom is 0.225 e. The van der Waals surface area contributed by atoms with Gasteiger partial charge in [0.15, 0.2) is 11.6 Å². The molecule has 0 bridgehead atoms. The lowest BCUT2D eigenvalue weighted by Crippen LogP contribution is -2.39. The van der Waals surface area contributed by atoms with E-state index < -0.39 is 5.82 Å². The Kier molecular flexibility index (Phi) is 4.95. The minimum Gasteiger partial charge on any atom is -0.490 e. The molecule has 1 N–H and O–H groups in total. The van der Waals surface area contributed by atoms with Gasteiger partial charge < -0.3 is 14.7 Å². The molecular formula is C15H20FNO3. The van der Waals surface area contributed by atoms with E-state index in [0.717, 1.165) is 12.8 Å². The predicted octanol–water partition coefficient (Wildman–Crippen LogP) is 1.82. The minimum absolute atomic E-state index is 0.0253. The molecule has 1 amide bonds. The van der Waals surface area contributed by atoms with Crippen molar-refractivity contribution in [3.63, 3.8) is 0 Å². The number of rotatable bonds is 6. The molecule has 1 aromatic carbocycles. The monoisotopic (exact) mass is 281 g/mol. The van der Waals surface area contributed by atoms with Crippen LogP contribution in [-0.2, 0) is 4.79 Å². The van der Waals surface area contributed by atoms with Gasteiger partial charge in [0.05, 0.1) is 19.1 Å². The normalized spacial score (nSPS) is 21.1. The number of hydrogen-bond acceptors (Lipinski definition) is 3. The van der Waals surface area contributed by atoms with E-state index in [9.17, 15) is 14.3 Å². The minimum atomic E-state index is -0.420. The van der Waals surface area contributed by atoms with Crippen LogP contribution in [0.1, 0.15) is 19.3 Å². The number of carbonyl (C=O) groups is 1. The number of amides is 1. The van der Waals surface area contributed by atoms with Gasteiger partial charge in [-0.1, -0.05) is 12.1 Å². The molecule has 5 heteroatoms. The first kappa shape index (κ1) is 14.8. The summed E-state index contributed by atoms with van der Waals surface area (Å²) in [6.45, 7) is 0.826. The summed E-state index contributed by atoms with van der Waals surface area (Å²) < 4.78 is 18.5. The van der Waals surface area contributed by atoms with Crippen molar-refractivity contribution in [2.45, 2.75) is 25.4 Å². The standard InChI is InChI=1S/C15H20FNO3/c1-17(10-11-8-12(18)9-11)15(19)6-7-20-14-5-3-2-4-13(14)16/h2-5,11-12,18H,6-10H2,1H3. The highest BCUT2D eigenvalue weighted by molar-refractivity contribution is 5.76. The van der Waals surface area contributed by atoms with Crippen molar-refractivity contribution < 1.29 is 19.0 Å². The second-order valence-corrected chi connectivity index (χ2v) is 5.29. The quantitative estimate of drug-likeness (QED) is 0.865. The molecular weight excluding hydrogens is 261 g/mol.